The van der Waals surface area contributed by atoms with Gasteiger partial charge in [-0.3, -0.25) is 0 Å². The monoisotopic (exact) mass is 120 g/mol. The number of amides is 1. The van der Waals surface area contributed by atoms with Crippen LogP contribution < -0.4 is 4.72 Å². The number of carbonyl (C=O) groups is 1. The number of rotatable bonds is 1. The first-order valence-corrected chi connectivity index (χ1v) is 2.23. The van der Waals surface area contributed by atoms with Crippen LogP contribution >= 0.6 is 12.8 Å². The quantitative estimate of drug-likeness (QED) is 0.514. The van der Waals surface area contributed by atoms with Crippen LogP contribution in [-0.2, 0) is 4.74 Å². The molecule has 0 aliphatic rings. The minimum atomic E-state index is -0.633. The second-order valence-corrected chi connectivity index (χ2v) is 0.999. The molecule has 1 amide bonds. The summed E-state index contributed by atoms with van der Waals surface area (Å²) in [5.74, 6) is 0. The van der Waals surface area contributed by atoms with Gasteiger partial charge in [-0.2, -0.15) is 4.79 Å². The fraction of sp³-hybridized carbons (Fsp3) is 0.667. The lowest BCUT2D eigenvalue weighted by molar-refractivity contribution is 0.159. The van der Waals surface area contributed by atoms with Gasteiger partial charge in [0, 0.05) is 0 Å². The molecule has 0 aliphatic carbocycles. The summed E-state index contributed by atoms with van der Waals surface area (Å²) < 4.78 is 7.22. The Labute approximate surface area is 47.6 Å². The summed E-state index contributed by atoms with van der Waals surface area (Å²) in [4.78, 5) is 9.95. The Kier molecular flexibility index (Phi) is 3.83. The number of hydrogen-bond donors (Lipinski definition) is 1. The highest BCUT2D eigenvalue weighted by molar-refractivity contribution is 7.78. The van der Waals surface area contributed by atoms with Gasteiger partial charge in [-0.15, -0.1) is 0 Å². The van der Waals surface area contributed by atoms with Crippen LogP contribution in [0.1, 0.15) is 6.92 Å². The second-order valence-electron chi connectivity index (χ2n) is 0.799. The highest BCUT2D eigenvalue weighted by Crippen LogP contribution is 1.77. The van der Waals surface area contributed by atoms with Crippen LogP contribution in [0.2, 0.25) is 0 Å². The van der Waals surface area contributed by atoms with Gasteiger partial charge in [0.25, 0.3) is 4.72 Å². The van der Waals surface area contributed by atoms with E-state index in [9.17, 15) is 4.79 Å². The number of nitrogens with zero attached hydrogens (tertiary/aromatic N) is 1. The van der Waals surface area contributed by atoms with Crippen molar-refractivity contribution in [3.8, 4) is 0 Å². The maximum Gasteiger partial charge on any atom is 0.645 e. The zero-order chi connectivity index (χ0) is 5.70. The Hall–Kier alpha value is -0.220. The summed E-state index contributed by atoms with van der Waals surface area (Å²) in [6.45, 7) is 2.06. The Morgan fingerprint density at radius 1 is 2.00 bits per heavy atom. The summed E-state index contributed by atoms with van der Waals surface area (Å²) in [5.41, 5.74) is 0. The Balaban J connectivity index is 3.00. The van der Waals surface area contributed by atoms with Crippen molar-refractivity contribution < 1.29 is 9.53 Å². The first-order valence-electron chi connectivity index (χ1n) is 1.83. The molecule has 0 heterocycles. The molecule has 0 saturated carbocycles. The van der Waals surface area contributed by atoms with Gasteiger partial charge in [0.2, 0.25) is 12.8 Å². The summed E-state index contributed by atoms with van der Waals surface area (Å²) in [6.07, 6.45) is -0.633. The third-order valence-electron chi connectivity index (χ3n) is 0.349. The number of thiol groups is 1. The highest BCUT2D eigenvalue weighted by atomic mass is 32.1. The molecule has 0 unspecified atom stereocenters. The normalized spacial score (nSPS) is 8.29. The maximum absolute atomic E-state index is 9.95. The van der Waals surface area contributed by atoms with Crippen LogP contribution in [0.4, 0.5) is 4.79 Å². The predicted molar refractivity (Wildman–Crippen MR) is 28.1 cm³/mol. The van der Waals surface area contributed by atoms with Crippen molar-refractivity contribution in [2.45, 2.75) is 6.92 Å². The van der Waals surface area contributed by atoms with E-state index in [-0.39, 0.29) is 0 Å². The first kappa shape index (κ1) is 6.78. The van der Waals surface area contributed by atoms with Gasteiger partial charge in [0.15, 0.2) is 0 Å². The van der Waals surface area contributed by atoms with Crippen molar-refractivity contribution in [2.24, 2.45) is 0 Å². The molecule has 3 nitrogen and oxygen atoms in total. The molecule has 0 saturated heterocycles. The fourth-order valence-electron chi connectivity index (χ4n) is 0.152. The van der Waals surface area contributed by atoms with Gasteiger partial charge in [0.05, 0.1) is 6.61 Å². The molecule has 7 heavy (non-hydrogen) atoms. The smallest absolute Gasteiger partial charge is 0.411 e. The van der Waals surface area contributed by atoms with Crippen molar-refractivity contribution >= 4 is 18.9 Å². The molecule has 0 aliphatic heterocycles. The van der Waals surface area contributed by atoms with E-state index >= 15 is 0 Å². The average Bonchev–Trinajstić information content (AvgIpc) is 1.68. The average molecular weight is 120 g/mol. The lowest BCUT2D eigenvalue weighted by Gasteiger charge is -1.81. The summed E-state index contributed by atoms with van der Waals surface area (Å²) in [5, 5.41) is 0. The molecular weight excluding hydrogens is 114 g/mol. The van der Waals surface area contributed by atoms with Gasteiger partial charge < -0.3 is 4.74 Å². The standard InChI is InChI=1S/C3H6NO2S/c1-2-6-3(5)4-7/h7H,2H2,1H3/q+1. The molecular formula is C3H6NO2S+. The third-order valence-corrected chi connectivity index (χ3v) is 0.513. The lowest BCUT2D eigenvalue weighted by Crippen LogP contribution is -2.07. The van der Waals surface area contributed by atoms with E-state index in [0.717, 1.165) is 0 Å². The van der Waals surface area contributed by atoms with Crippen LogP contribution in [0.15, 0.2) is 0 Å². The molecule has 0 bridgehead atoms. The SMILES string of the molecule is CCOC(=O)[N+]S. The predicted octanol–water partition coefficient (Wildman–Crippen LogP) is 0.592. The topological polar surface area (TPSA) is 40.4 Å². The van der Waals surface area contributed by atoms with E-state index in [2.05, 4.69) is 22.3 Å². The van der Waals surface area contributed by atoms with E-state index in [1.807, 2.05) is 0 Å². The molecule has 4 heteroatoms. The van der Waals surface area contributed by atoms with E-state index < -0.39 is 6.09 Å². The third kappa shape index (κ3) is 3.61. The zero-order valence-electron chi connectivity index (χ0n) is 3.92. The Morgan fingerprint density at radius 3 is 2.71 bits per heavy atom. The van der Waals surface area contributed by atoms with E-state index in [4.69, 9.17) is 0 Å². The number of carbonyl (C=O) groups excluding carboxylic acids is 1. The van der Waals surface area contributed by atoms with Crippen LogP contribution in [-0.4, -0.2) is 12.7 Å². The van der Waals surface area contributed by atoms with Crippen molar-refractivity contribution in [1.29, 1.82) is 0 Å². The van der Waals surface area contributed by atoms with E-state index in [0.29, 0.717) is 6.61 Å². The van der Waals surface area contributed by atoms with Crippen molar-refractivity contribution in [2.75, 3.05) is 6.61 Å². The van der Waals surface area contributed by atoms with Crippen LogP contribution in [0.5, 0.6) is 0 Å². The van der Waals surface area contributed by atoms with Gasteiger partial charge in [0.1, 0.15) is 0 Å². The highest BCUT2D eigenvalue weighted by Gasteiger charge is 2.13. The molecule has 0 spiro atoms. The number of hydrogen-bond acceptors (Lipinski definition) is 3. The van der Waals surface area contributed by atoms with E-state index in [1.165, 1.54) is 0 Å². The van der Waals surface area contributed by atoms with Crippen LogP contribution in [0, 0.1) is 0 Å². The largest absolute Gasteiger partial charge is 0.645 e. The summed E-state index contributed by atoms with van der Waals surface area (Å²) in [7, 11) is 0. The Morgan fingerprint density at radius 2 is 2.57 bits per heavy atom. The molecule has 40 valence electrons. The minimum absolute atomic E-state index is 0.350. The molecule has 0 aromatic heterocycles. The molecule has 0 aromatic carbocycles. The van der Waals surface area contributed by atoms with Gasteiger partial charge >= 0.3 is 6.09 Å². The molecule has 0 N–H and O–H groups in total. The Bertz CT molecular complexity index is 66.0. The van der Waals surface area contributed by atoms with Crippen molar-refractivity contribution in [3.05, 3.63) is 0 Å². The van der Waals surface area contributed by atoms with Crippen molar-refractivity contribution in [1.82, 2.24) is 4.72 Å². The fourth-order valence-corrected chi connectivity index (χ4v) is 0.210. The lowest BCUT2D eigenvalue weighted by atomic mass is 10.9. The first-order chi connectivity index (χ1) is 3.31. The van der Waals surface area contributed by atoms with Crippen LogP contribution in [0.3, 0.4) is 0 Å². The molecule has 0 aromatic rings. The minimum Gasteiger partial charge on any atom is -0.411 e. The molecule has 0 fully saturated rings. The van der Waals surface area contributed by atoms with Crippen molar-refractivity contribution in [3.63, 3.8) is 0 Å². The summed E-state index contributed by atoms with van der Waals surface area (Å²) >= 11 is 3.30. The van der Waals surface area contributed by atoms with Gasteiger partial charge in [-0.25, -0.2) is 0 Å². The molecule has 0 rings (SSSR count). The van der Waals surface area contributed by atoms with Gasteiger partial charge in [-0.05, 0) is 6.92 Å². The van der Waals surface area contributed by atoms with E-state index in [1.54, 1.807) is 6.92 Å². The van der Waals surface area contributed by atoms with Crippen LogP contribution in [0.25, 0.3) is 0 Å². The summed E-state index contributed by atoms with van der Waals surface area (Å²) in [6, 6.07) is 0. The maximum atomic E-state index is 9.95. The molecule has 2 radical (unpaired) electrons. The second kappa shape index (κ2) is 3.95. The zero-order valence-corrected chi connectivity index (χ0v) is 4.81. The van der Waals surface area contributed by atoms with Gasteiger partial charge in [-0.1, -0.05) is 0 Å². The number of ether oxygens (including phenoxy) is 1. The molecule has 0 atom stereocenters.